The van der Waals surface area contributed by atoms with Crippen molar-refractivity contribution in [2.24, 2.45) is 0 Å². The first-order valence-electron chi connectivity index (χ1n) is 7.66. The Morgan fingerprint density at radius 1 is 1.23 bits per heavy atom. The van der Waals surface area contributed by atoms with Crippen LogP contribution in [-0.4, -0.2) is 41.3 Å². The molecule has 0 bridgehead atoms. The van der Waals surface area contributed by atoms with Gasteiger partial charge in [0.15, 0.2) is 0 Å². The summed E-state index contributed by atoms with van der Waals surface area (Å²) in [6, 6.07) is 11.4. The van der Waals surface area contributed by atoms with Crippen LogP contribution in [-0.2, 0) is 4.79 Å². The van der Waals surface area contributed by atoms with Crippen molar-refractivity contribution in [3.05, 3.63) is 42.1 Å². The van der Waals surface area contributed by atoms with Gasteiger partial charge in [-0.3, -0.25) is 9.59 Å². The largest absolute Gasteiger partial charge is 0.351 e. The molecule has 0 aliphatic carbocycles. The molecule has 1 N–H and O–H groups in total. The lowest BCUT2D eigenvalue weighted by Gasteiger charge is -2.15. The standard InChI is InChI=1S/C17H19N3O2/c21-16-7-3-11-20(16)12-4-10-18-17(22)15-9-8-13-5-1-2-6-14(13)19-15/h1-2,5-6,8-9H,3-4,7,10-12H2,(H,18,22). The molecule has 0 radical (unpaired) electrons. The molecule has 114 valence electrons. The smallest absolute Gasteiger partial charge is 0.269 e. The van der Waals surface area contributed by atoms with Gasteiger partial charge in [0.25, 0.3) is 5.91 Å². The lowest BCUT2D eigenvalue weighted by molar-refractivity contribution is -0.127. The zero-order chi connectivity index (χ0) is 15.4. The summed E-state index contributed by atoms with van der Waals surface area (Å²) in [7, 11) is 0. The van der Waals surface area contributed by atoms with Gasteiger partial charge in [-0.2, -0.15) is 0 Å². The van der Waals surface area contributed by atoms with Crippen LogP contribution in [0, 0.1) is 0 Å². The van der Waals surface area contributed by atoms with E-state index >= 15 is 0 Å². The maximum Gasteiger partial charge on any atom is 0.269 e. The molecule has 2 aromatic rings. The molecule has 5 nitrogen and oxygen atoms in total. The number of benzene rings is 1. The number of carbonyl (C=O) groups excluding carboxylic acids is 2. The Morgan fingerprint density at radius 2 is 2.09 bits per heavy atom. The van der Waals surface area contributed by atoms with Crippen molar-refractivity contribution in [3.8, 4) is 0 Å². The van der Waals surface area contributed by atoms with Crippen molar-refractivity contribution >= 4 is 22.7 Å². The maximum atomic E-state index is 12.1. The minimum Gasteiger partial charge on any atom is -0.351 e. The summed E-state index contributed by atoms with van der Waals surface area (Å²) >= 11 is 0. The molecule has 3 rings (SSSR count). The summed E-state index contributed by atoms with van der Waals surface area (Å²) in [6.45, 7) is 2.11. The molecule has 0 unspecified atom stereocenters. The molecule has 2 amide bonds. The molecule has 1 aliphatic rings. The predicted octanol–water partition coefficient (Wildman–Crippen LogP) is 1.98. The number of likely N-dealkylation sites (tertiary alicyclic amines) is 1. The molecule has 0 saturated carbocycles. The van der Waals surface area contributed by atoms with Crippen molar-refractivity contribution in [1.82, 2.24) is 15.2 Å². The molecule has 2 heterocycles. The van der Waals surface area contributed by atoms with Crippen LogP contribution in [0.4, 0.5) is 0 Å². The summed E-state index contributed by atoms with van der Waals surface area (Å²) in [4.78, 5) is 29.8. The van der Waals surface area contributed by atoms with E-state index in [9.17, 15) is 9.59 Å². The normalized spacial score (nSPS) is 14.5. The van der Waals surface area contributed by atoms with Crippen LogP contribution < -0.4 is 5.32 Å². The molecule has 1 saturated heterocycles. The first kappa shape index (κ1) is 14.5. The number of amides is 2. The second-order valence-electron chi connectivity index (χ2n) is 5.48. The van der Waals surface area contributed by atoms with Crippen molar-refractivity contribution in [2.75, 3.05) is 19.6 Å². The minimum atomic E-state index is -0.168. The van der Waals surface area contributed by atoms with Crippen LogP contribution in [0.3, 0.4) is 0 Å². The number of pyridine rings is 1. The summed E-state index contributed by atoms with van der Waals surface area (Å²) in [5.41, 5.74) is 1.24. The third-order valence-electron chi connectivity index (χ3n) is 3.89. The van der Waals surface area contributed by atoms with Crippen molar-refractivity contribution in [2.45, 2.75) is 19.3 Å². The van der Waals surface area contributed by atoms with Gasteiger partial charge in [-0.15, -0.1) is 0 Å². The minimum absolute atomic E-state index is 0.168. The fourth-order valence-electron chi connectivity index (χ4n) is 2.70. The lowest BCUT2D eigenvalue weighted by atomic mass is 10.2. The third kappa shape index (κ3) is 3.24. The Bertz CT molecular complexity index is 699. The van der Waals surface area contributed by atoms with Gasteiger partial charge in [0.2, 0.25) is 5.91 Å². The number of carbonyl (C=O) groups is 2. The van der Waals surface area contributed by atoms with Gasteiger partial charge < -0.3 is 10.2 Å². The fourth-order valence-corrected chi connectivity index (χ4v) is 2.70. The molecule has 1 fully saturated rings. The van der Waals surface area contributed by atoms with E-state index in [4.69, 9.17) is 0 Å². The highest BCUT2D eigenvalue weighted by Gasteiger charge is 2.19. The number of nitrogens with zero attached hydrogens (tertiary/aromatic N) is 2. The Morgan fingerprint density at radius 3 is 2.91 bits per heavy atom. The van der Waals surface area contributed by atoms with E-state index in [0.29, 0.717) is 25.2 Å². The van der Waals surface area contributed by atoms with Gasteiger partial charge in [-0.25, -0.2) is 4.98 Å². The number of aromatic nitrogens is 1. The summed E-state index contributed by atoms with van der Waals surface area (Å²) < 4.78 is 0. The molecule has 0 atom stereocenters. The van der Waals surface area contributed by atoms with Crippen LogP contribution in [0.1, 0.15) is 29.8 Å². The topological polar surface area (TPSA) is 62.3 Å². The third-order valence-corrected chi connectivity index (χ3v) is 3.89. The van der Waals surface area contributed by atoms with Gasteiger partial charge in [0, 0.05) is 31.4 Å². The number of hydrogen-bond donors (Lipinski definition) is 1. The molecular weight excluding hydrogens is 278 g/mol. The van der Waals surface area contributed by atoms with E-state index in [2.05, 4.69) is 10.3 Å². The van der Waals surface area contributed by atoms with Crippen LogP contribution in [0.5, 0.6) is 0 Å². The maximum absolute atomic E-state index is 12.1. The monoisotopic (exact) mass is 297 g/mol. The fraction of sp³-hybridized carbons (Fsp3) is 0.353. The Kier molecular flexibility index (Phi) is 4.32. The average Bonchev–Trinajstić information content (AvgIpc) is 2.96. The quantitative estimate of drug-likeness (QED) is 0.858. The molecule has 1 aromatic carbocycles. The van der Waals surface area contributed by atoms with E-state index in [1.54, 1.807) is 6.07 Å². The highest BCUT2D eigenvalue weighted by molar-refractivity contribution is 5.94. The number of nitrogens with one attached hydrogen (secondary N) is 1. The van der Waals surface area contributed by atoms with E-state index < -0.39 is 0 Å². The van der Waals surface area contributed by atoms with Crippen molar-refractivity contribution in [3.63, 3.8) is 0 Å². The van der Waals surface area contributed by atoms with Crippen LogP contribution >= 0.6 is 0 Å². The summed E-state index contributed by atoms with van der Waals surface area (Å²) in [5, 5.41) is 3.88. The highest BCUT2D eigenvalue weighted by Crippen LogP contribution is 2.12. The predicted molar refractivity (Wildman–Crippen MR) is 84.5 cm³/mol. The second kappa shape index (κ2) is 6.56. The van der Waals surface area contributed by atoms with Crippen molar-refractivity contribution in [1.29, 1.82) is 0 Å². The molecule has 5 heteroatoms. The molecule has 1 aromatic heterocycles. The zero-order valence-electron chi connectivity index (χ0n) is 12.4. The average molecular weight is 297 g/mol. The van der Waals surface area contributed by atoms with E-state index in [1.807, 2.05) is 35.2 Å². The molecule has 0 spiro atoms. The molecular formula is C17H19N3O2. The number of hydrogen-bond acceptors (Lipinski definition) is 3. The first-order chi connectivity index (χ1) is 10.7. The Balaban J connectivity index is 1.51. The van der Waals surface area contributed by atoms with Gasteiger partial charge in [-0.05, 0) is 25.0 Å². The Labute approximate surface area is 129 Å². The van der Waals surface area contributed by atoms with E-state index in [1.165, 1.54) is 0 Å². The molecule has 1 aliphatic heterocycles. The molecule has 22 heavy (non-hydrogen) atoms. The first-order valence-corrected chi connectivity index (χ1v) is 7.66. The van der Waals surface area contributed by atoms with Gasteiger partial charge in [0.1, 0.15) is 5.69 Å². The van der Waals surface area contributed by atoms with Crippen LogP contribution in [0.25, 0.3) is 10.9 Å². The zero-order valence-corrected chi connectivity index (χ0v) is 12.4. The van der Waals surface area contributed by atoms with Crippen LogP contribution in [0.2, 0.25) is 0 Å². The van der Waals surface area contributed by atoms with Gasteiger partial charge in [-0.1, -0.05) is 24.3 Å². The van der Waals surface area contributed by atoms with E-state index in [-0.39, 0.29) is 11.8 Å². The summed E-state index contributed by atoms with van der Waals surface area (Å²) in [6.07, 6.45) is 2.38. The van der Waals surface area contributed by atoms with Gasteiger partial charge in [0.05, 0.1) is 5.52 Å². The second-order valence-corrected chi connectivity index (χ2v) is 5.48. The summed E-state index contributed by atoms with van der Waals surface area (Å²) in [5.74, 6) is 0.0565. The lowest BCUT2D eigenvalue weighted by Crippen LogP contribution is -2.31. The number of fused-ring (bicyclic) bond motifs is 1. The Hall–Kier alpha value is -2.43. The van der Waals surface area contributed by atoms with Crippen molar-refractivity contribution < 1.29 is 9.59 Å². The van der Waals surface area contributed by atoms with Gasteiger partial charge >= 0.3 is 0 Å². The number of rotatable bonds is 5. The van der Waals surface area contributed by atoms with Crippen LogP contribution in [0.15, 0.2) is 36.4 Å². The van der Waals surface area contributed by atoms with E-state index in [0.717, 1.165) is 30.3 Å². The highest BCUT2D eigenvalue weighted by atomic mass is 16.2. The number of para-hydroxylation sites is 1. The SMILES string of the molecule is O=C(NCCCN1CCCC1=O)c1ccc2ccccc2n1.